The number of hydrogen-bond donors (Lipinski definition) is 3. The SMILES string of the molecule is Cc1ccc(OCC2CCC(O)(CNC(=O)c3ccc(O)cc3)CC2)nc1. The zero-order valence-electron chi connectivity index (χ0n) is 15.5. The number of hydrogen-bond acceptors (Lipinski definition) is 5. The molecule has 3 rings (SSSR count). The van der Waals surface area contributed by atoms with E-state index in [1.807, 2.05) is 19.1 Å². The number of rotatable bonds is 6. The fourth-order valence-corrected chi connectivity index (χ4v) is 3.26. The van der Waals surface area contributed by atoms with E-state index in [1.165, 1.54) is 12.1 Å². The standard InChI is InChI=1S/C21H26N2O4/c1-15-2-7-19(22-12-15)27-13-16-8-10-21(26,11-9-16)14-23-20(25)17-3-5-18(24)6-4-17/h2-7,12,16,24,26H,8-11,13-14H2,1H3,(H,23,25). The van der Waals surface area contributed by atoms with Gasteiger partial charge in [-0.25, -0.2) is 4.98 Å². The minimum absolute atomic E-state index is 0.117. The molecule has 6 nitrogen and oxygen atoms in total. The topological polar surface area (TPSA) is 91.7 Å². The van der Waals surface area contributed by atoms with Crippen LogP contribution < -0.4 is 10.1 Å². The van der Waals surface area contributed by atoms with Crippen LogP contribution in [0.15, 0.2) is 42.6 Å². The number of phenols is 1. The summed E-state index contributed by atoms with van der Waals surface area (Å²) in [5.41, 5.74) is 0.675. The number of pyridine rings is 1. The second-order valence-corrected chi connectivity index (χ2v) is 7.38. The summed E-state index contributed by atoms with van der Waals surface area (Å²) in [4.78, 5) is 16.4. The van der Waals surface area contributed by atoms with E-state index < -0.39 is 5.60 Å². The van der Waals surface area contributed by atoms with Gasteiger partial charge in [0.15, 0.2) is 0 Å². The number of ether oxygens (including phenoxy) is 1. The molecule has 6 heteroatoms. The highest BCUT2D eigenvalue weighted by molar-refractivity contribution is 5.94. The second-order valence-electron chi connectivity index (χ2n) is 7.38. The molecule has 0 bridgehead atoms. The van der Waals surface area contributed by atoms with Crippen LogP contribution in [0.1, 0.15) is 41.6 Å². The van der Waals surface area contributed by atoms with Gasteiger partial charge < -0.3 is 20.3 Å². The van der Waals surface area contributed by atoms with Crippen LogP contribution in [-0.4, -0.2) is 39.9 Å². The Morgan fingerprint density at radius 2 is 1.93 bits per heavy atom. The first-order valence-corrected chi connectivity index (χ1v) is 9.29. The number of phenolic OH excluding ortho intramolecular Hbond substituents is 1. The Bertz CT molecular complexity index is 751. The highest BCUT2D eigenvalue weighted by Gasteiger charge is 2.33. The molecule has 0 unspecified atom stereocenters. The molecule has 1 saturated carbocycles. The van der Waals surface area contributed by atoms with Crippen molar-refractivity contribution in [3.05, 3.63) is 53.7 Å². The molecular formula is C21H26N2O4. The van der Waals surface area contributed by atoms with Crippen molar-refractivity contribution in [1.82, 2.24) is 10.3 Å². The first-order chi connectivity index (χ1) is 12.9. The lowest BCUT2D eigenvalue weighted by atomic mass is 9.79. The Hall–Kier alpha value is -2.60. The Kier molecular flexibility index (Phi) is 5.96. The van der Waals surface area contributed by atoms with E-state index in [-0.39, 0.29) is 18.2 Å². The average molecular weight is 370 g/mol. The number of carbonyl (C=O) groups excluding carboxylic acids is 1. The summed E-state index contributed by atoms with van der Waals surface area (Å²) >= 11 is 0. The molecule has 1 aromatic heterocycles. The van der Waals surface area contributed by atoms with Crippen LogP contribution in [0.4, 0.5) is 0 Å². The van der Waals surface area contributed by atoms with E-state index >= 15 is 0 Å². The minimum Gasteiger partial charge on any atom is -0.508 e. The molecule has 144 valence electrons. The summed E-state index contributed by atoms with van der Waals surface area (Å²) < 4.78 is 5.75. The highest BCUT2D eigenvalue weighted by atomic mass is 16.5. The molecule has 1 aliphatic carbocycles. The van der Waals surface area contributed by atoms with Gasteiger partial charge in [-0.05, 0) is 68.4 Å². The van der Waals surface area contributed by atoms with Gasteiger partial charge in [0.2, 0.25) is 5.88 Å². The molecule has 0 spiro atoms. The molecule has 2 aromatic rings. The second kappa shape index (κ2) is 8.39. The van der Waals surface area contributed by atoms with E-state index in [9.17, 15) is 15.0 Å². The summed E-state index contributed by atoms with van der Waals surface area (Å²) in [6.45, 7) is 2.80. The largest absolute Gasteiger partial charge is 0.508 e. The summed E-state index contributed by atoms with van der Waals surface area (Å²) in [7, 11) is 0. The maximum Gasteiger partial charge on any atom is 0.251 e. The van der Waals surface area contributed by atoms with Gasteiger partial charge in [0.1, 0.15) is 5.75 Å². The number of amides is 1. The predicted octanol–water partition coefficient (Wildman–Crippen LogP) is 2.83. The first kappa shape index (κ1) is 19.2. The monoisotopic (exact) mass is 370 g/mol. The van der Waals surface area contributed by atoms with E-state index in [0.717, 1.165) is 18.4 Å². The van der Waals surface area contributed by atoms with Crippen molar-refractivity contribution in [1.29, 1.82) is 0 Å². The molecule has 1 aromatic carbocycles. The Balaban J connectivity index is 1.42. The fourth-order valence-electron chi connectivity index (χ4n) is 3.26. The molecule has 1 aliphatic rings. The van der Waals surface area contributed by atoms with Crippen LogP contribution in [0, 0.1) is 12.8 Å². The van der Waals surface area contributed by atoms with Crippen LogP contribution in [0.3, 0.4) is 0 Å². The molecule has 0 saturated heterocycles. The number of nitrogens with zero attached hydrogens (tertiary/aromatic N) is 1. The lowest BCUT2D eigenvalue weighted by molar-refractivity contribution is -0.0131. The van der Waals surface area contributed by atoms with Crippen molar-refractivity contribution in [3.8, 4) is 11.6 Å². The third-order valence-electron chi connectivity index (χ3n) is 5.09. The van der Waals surface area contributed by atoms with E-state index in [1.54, 1.807) is 18.3 Å². The smallest absolute Gasteiger partial charge is 0.251 e. The Morgan fingerprint density at radius 1 is 1.22 bits per heavy atom. The van der Waals surface area contributed by atoms with Gasteiger partial charge in [0, 0.05) is 24.4 Å². The van der Waals surface area contributed by atoms with Crippen molar-refractivity contribution >= 4 is 5.91 Å². The average Bonchev–Trinajstić information content (AvgIpc) is 2.68. The van der Waals surface area contributed by atoms with Gasteiger partial charge in [0.25, 0.3) is 5.91 Å². The fraction of sp³-hybridized carbons (Fsp3) is 0.429. The number of benzene rings is 1. The highest BCUT2D eigenvalue weighted by Crippen LogP contribution is 2.32. The number of aliphatic hydroxyl groups is 1. The first-order valence-electron chi connectivity index (χ1n) is 9.29. The van der Waals surface area contributed by atoms with Crippen molar-refractivity contribution in [2.45, 2.75) is 38.2 Å². The zero-order chi connectivity index (χ0) is 19.3. The van der Waals surface area contributed by atoms with Gasteiger partial charge >= 0.3 is 0 Å². The molecule has 27 heavy (non-hydrogen) atoms. The van der Waals surface area contributed by atoms with Crippen LogP contribution in [0.25, 0.3) is 0 Å². The third-order valence-corrected chi connectivity index (χ3v) is 5.09. The molecular weight excluding hydrogens is 344 g/mol. The molecule has 1 amide bonds. The normalized spacial score (nSPS) is 22.2. The van der Waals surface area contributed by atoms with E-state index in [0.29, 0.717) is 36.8 Å². The van der Waals surface area contributed by atoms with Crippen LogP contribution in [0.5, 0.6) is 11.6 Å². The molecule has 0 atom stereocenters. The number of aromatic nitrogens is 1. The molecule has 1 heterocycles. The molecule has 0 aliphatic heterocycles. The van der Waals surface area contributed by atoms with Gasteiger partial charge in [-0.3, -0.25) is 4.79 Å². The van der Waals surface area contributed by atoms with Gasteiger partial charge in [0.05, 0.1) is 12.2 Å². The zero-order valence-corrected chi connectivity index (χ0v) is 15.5. The van der Waals surface area contributed by atoms with Crippen molar-refractivity contribution in [3.63, 3.8) is 0 Å². The van der Waals surface area contributed by atoms with Crippen molar-refractivity contribution in [2.24, 2.45) is 5.92 Å². The quantitative estimate of drug-likeness (QED) is 0.727. The van der Waals surface area contributed by atoms with E-state index in [2.05, 4.69) is 10.3 Å². The number of nitrogens with one attached hydrogen (secondary N) is 1. The lowest BCUT2D eigenvalue weighted by Gasteiger charge is -2.36. The van der Waals surface area contributed by atoms with Gasteiger partial charge in [-0.2, -0.15) is 0 Å². The summed E-state index contributed by atoms with van der Waals surface area (Å²) in [5.74, 6) is 0.870. The summed E-state index contributed by atoms with van der Waals surface area (Å²) in [5, 5.41) is 22.8. The van der Waals surface area contributed by atoms with Gasteiger partial charge in [-0.1, -0.05) is 6.07 Å². The minimum atomic E-state index is -0.884. The van der Waals surface area contributed by atoms with Crippen LogP contribution in [0.2, 0.25) is 0 Å². The van der Waals surface area contributed by atoms with Gasteiger partial charge in [-0.15, -0.1) is 0 Å². The molecule has 1 fully saturated rings. The lowest BCUT2D eigenvalue weighted by Crippen LogP contribution is -2.45. The maximum absolute atomic E-state index is 12.2. The predicted molar refractivity (Wildman–Crippen MR) is 102 cm³/mol. The molecule has 3 N–H and O–H groups in total. The molecule has 0 radical (unpaired) electrons. The summed E-state index contributed by atoms with van der Waals surface area (Å²) in [6.07, 6.45) is 4.72. The maximum atomic E-state index is 12.2. The number of aromatic hydroxyl groups is 1. The van der Waals surface area contributed by atoms with E-state index in [4.69, 9.17) is 4.74 Å². The Morgan fingerprint density at radius 3 is 2.56 bits per heavy atom. The van der Waals surface area contributed by atoms with Crippen LogP contribution >= 0.6 is 0 Å². The third kappa shape index (κ3) is 5.44. The Labute approximate surface area is 159 Å². The number of aryl methyl sites for hydroxylation is 1. The van der Waals surface area contributed by atoms with Crippen LogP contribution in [-0.2, 0) is 0 Å². The number of carbonyl (C=O) groups is 1. The van der Waals surface area contributed by atoms with Crippen molar-refractivity contribution in [2.75, 3.05) is 13.2 Å². The van der Waals surface area contributed by atoms with Crippen molar-refractivity contribution < 1.29 is 19.7 Å². The summed E-state index contributed by atoms with van der Waals surface area (Å²) in [6, 6.07) is 9.89.